The molecule has 0 saturated carbocycles. The zero-order chi connectivity index (χ0) is 8.74. The summed E-state index contributed by atoms with van der Waals surface area (Å²) < 4.78 is 5.65. The second-order valence-electron chi connectivity index (χ2n) is 3.26. The van der Waals surface area contributed by atoms with Gasteiger partial charge in [-0.05, 0) is 19.6 Å². The SMILES string of the molecule is C[Si](C)(C)OCCSCCCl. The lowest BCUT2D eigenvalue weighted by atomic mass is 10.9. The lowest BCUT2D eigenvalue weighted by Crippen LogP contribution is -2.26. The molecule has 0 N–H and O–H groups in total. The zero-order valence-corrected chi connectivity index (χ0v) is 10.1. The molecule has 68 valence electrons. The predicted molar refractivity (Wildman–Crippen MR) is 57.3 cm³/mol. The van der Waals surface area contributed by atoms with Crippen LogP contribution in [0.1, 0.15) is 0 Å². The van der Waals surface area contributed by atoms with E-state index in [4.69, 9.17) is 16.0 Å². The highest BCUT2D eigenvalue weighted by Crippen LogP contribution is 2.05. The number of hydrogen-bond donors (Lipinski definition) is 0. The van der Waals surface area contributed by atoms with E-state index >= 15 is 0 Å². The van der Waals surface area contributed by atoms with Gasteiger partial charge in [0.05, 0.1) is 0 Å². The smallest absolute Gasteiger partial charge is 0.183 e. The third-order valence-electron chi connectivity index (χ3n) is 0.984. The highest BCUT2D eigenvalue weighted by molar-refractivity contribution is 7.99. The summed E-state index contributed by atoms with van der Waals surface area (Å²) in [5.41, 5.74) is 0. The van der Waals surface area contributed by atoms with Gasteiger partial charge in [0.2, 0.25) is 0 Å². The van der Waals surface area contributed by atoms with E-state index in [0.29, 0.717) is 0 Å². The molecule has 0 aliphatic heterocycles. The second kappa shape index (κ2) is 6.35. The van der Waals surface area contributed by atoms with Gasteiger partial charge in [0, 0.05) is 24.0 Å². The van der Waals surface area contributed by atoms with E-state index < -0.39 is 8.32 Å². The summed E-state index contributed by atoms with van der Waals surface area (Å²) in [6.07, 6.45) is 0. The highest BCUT2D eigenvalue weighted by atomic mass is 35.5. The van der Waals surface area contributed by atoms with Gasteiger partial charge >= 0.3 is 0 Å². The van der Waals surface area contributed by atoms with Gasteiger partial charge in [0.25, 0.3) is 0 Å². The molecular formula is C7H17ClOSSi. The van der Waals surface area contributed by atoms with Crippen molar-refractivity contribution in [1.29, 1.82) is 0 Å². The first-order valence-corrected chi connectivity index (χ1v) is 8.93. The molecule has 0 radical (unpaired) electrons. The van der Waals surface area contributed by atoms with Crippen molar-refractivity contribution in [3.8, 4) is 0 Å². The fraction of sp³-hybridized carbons (Fsp3) is 1.00. The van der Waals surface area contributed by atoms with Crippen LogP contribution >= 0.6 is 23.4 Å². The van der Waals surface area contributed by atoms with Crippen molar-refractivity contribution in [2.24, 2.45) is 0 Å². The highest BCUT2D eigenvalue weighted by Gasteiger charge is 2.12. The quantitative estimate of drug-likeness (QED) is 0.381. The van der Waals surface area contributed by atoms with E-state index in [-0.39, 0.29) is 0 Å². The van der Waals surface area contributed by atoms with Crippen molar-refractivity contribution in [1.82, 2.24) is 0 Å². The normalized spacial score (nSPS) is 12.0. The first-order chi connectivity index (χ1) is 5.06. The van der Waals surface area contributed by atoms with E-state index in [1.54, 1.807) is 0 Å². The fourth-order valence-electron chi connectivity index (χ4n) is 0.563. The molecule has 0 aromatic carbocycles. The summed E-state index contributed by atoms with van der Waals surface area (Å²) in [6, 6.07) is 0. The minimum Gasteiger partial charge on any atom is -0.417 e. The van der Waals surface area contributed by atoms with Crippen LogP contribution in [0.4, 0.5) is 0 Å². The van der Waals surface area contributed by atoms with Crippen molar-refractivity contribution in [2.75, 3.05) is 24.0 Å². The summed E-state index contributed by atoms with van der Waals surface area (Å²) in [6.45, 7) is 7.51. The van der Waals surface area contributed by atoms with Crippen LogP contribution in [0.25, 0.3) is 0 Å². The number of thioether (sulfide) groups is 1. The van der Waals surface area contributed by atoms with Crippen LogP contribution in [0.15, 0.2) is 0 Å². The average molecular weight is 213 g/mol. The van der Waals surface area contributed by atoms with Crippen molar-refractivity contribution in [3.63, 3.8) is 0 Å². The topological polar surface area (TPSA) is 9.23 Å². The van der Waals surface area contributed by atoms with E-state index in [1.165, 1.54) is 0 Å². The van der Waals surface area contributed by atoms with Gasteiger partial charge in [0.1, 0.15) is 0 Å². The van der Waals surface area contributed by atoms with Gasteiger partial charge in [0.15, 0.2) is 8.32 Å². The van der Waals surface area contributed by atoms with E-state index in [9.17, 15) is 0 Å². The van der Waals surface area contributed by atoms with Gasteiger partial charge in [-0.3, -0.25) is 0 Å². The van der Waals surface area contributed by atoms with Crippen LogP contribution < -0.4 is 0 Å². The van der Waals surface area contributed by atoms with Crippen LogP contribution in [0, 0.1) is 0 Å². The molecule has 0 aromatic rings. The van der Waals surface area contributed by atoms with Gasteiger partial charge in [-0.25, -0.2) is 0 Å². The number of hydrogen-bond acceptors (Lipinski definition) is 2. The molecule has 0 atom stereocenters. The molecule has 0 spiro atoms. The third kappa shape index (κ3) is 10.8. The number of halogens is 1. The molecule has 1 nitrogen and oxygen atoms in total. The minimum absolute atomic E-state index is 0.748. The number of rotatable bonds is 6. The number of alkyl halides is 1. The Morgan fingerprint density at radius 1 is 1.27 bits per heavy atom. The lowest BCUT2D eigenvalue weighted by molar-refractivity contribution is 0.338. The average Bonchev–Trinajstić information content (AvgIpc) is 1.85. The maximum absolute atomic E-state index is 5.65. The lowest BCUT2D eigenvalue weighted by Gasteiger charge is -2.16. The minimum atomic E-state index is -1.26. The Balaban J connectivity index is 3.02. The Kier molecular flexibility index (Phi) is 6.82. The van der Waals surface area contributed by atoms with Crippen LogP contribution in [-0.4, -0.2) is 32.3 Å². The molecule has 0 aromatic heterocycles. The monoisotopic (exact) mass is 212 g/mol. The van der Waals surface area contributed by atoms with Crippen LogP contribution in [0.2, 0.25) is 19.6 Å². The Hall–Kier alpha value is 0.817. The molecule has 0 fully saturated rings. The first-order valence-electron chi connectivity index (χ1n) is 3.84. The maximum Gasteiger partial charge on any atom is 0.183 e. The molecule has 4 heteroatoms. The van der Waals surface area contributed by atoms with Crippen molar-refractivity contribution in [2.45, 2.75) is 19.6 Å². The molecule has 0 rings (SSSR count). The molecule has 0 aliphatic rings. The van der Waals surface area contributed by atoms with Gasteiger partial charge < -0.3 is 4.43 Å². The molecule has 0 bridgehead atoms. The van der Waals surface area contributed by atoms with Crippen LogP contribution in [0.5, 0.6) is 0 Å². The van der Waals surface area contributed by atoms with E-state index in [1.807, 2.05) is 11.8 Å². The van der Waals surface area contributed by atoms with Gasteiger partial charge in [-0.15, -0.1) is 11.6 Å². The summed E-state index contributed by atoms with van der Waals surface area (Å²) in [5, 5.41) is 0. The predicted octanol–water partition coefficient (Wildman–Crippen LogP) is 2.81. The van der Waals surface area contributed by atoms with E-state index in [2.05, 4.69) is 19.6 Å². The van der Waals surface area contributed by atoms with Crippen LogP contribution in [0.3, 0.4) is 0 Å². The summed E-state index contributed by atoms with van der Waals surface area (Å²) in [4.78, 5) is 0. The molecule has 0 saturated heterocycles. The van der Waals surface area contributed by atoms with Gasteiger partial charge in [-0.2, -0.15) is 11.8 Å². The Labute approximate surface area is 80.0 Å². The van der Waals surface area contributed by atoms with Crippen molar-refractivity contribution < 1.29 is 4.43 Å². The molecule has 0 amide bonds. The third-order valence-corrected chi connectivity index (χ3v) is 3.42. The molecule has 0 unspecified atom stereocenters. The van der Waals surface area contributed by atoms with E-state index in [0.717, 1.165) is 24.0 Å². The second-order valence-corrected chi connectivity index (χ2v) is 9.38. The first kappa shape index (κ1) is 11.8. The Bertz CT molecular complexity index is 94.9. The molecule has 0 heterocycles. The Morgan fingerprint density at radius 3 is 2.36 bits per heavy atom. The van der Waals surface area contributed by atoms with Crippen LogP contribution in [-0.2, 0) is 4.43 Å². The molecule has 11 heavy (non-hydrogen) atoms. The van der Waals surface area contributed by atoms with Crippen molar-refractivity contribution in [3.05, 3.63) is 0 Å². The molecule has 0 aliphatic carbocycles. The standard InChI is InChI=1S/C7H17ClOSSi/c1-11(2,3)9-5-7-10-6-4-8/h4-7H2,1-3H3. The summed E-state index contributed by atoms with van der Waals surface area (Å²) in [5.74, 6) is 2.87. The Morgan fingerprint density at radius 2 is 1.91 bits per heavy atom. The molecular weight excluding hydrogens is 196 g/mol. The maximum atomic E-state index is 5.65. The summed E-state index contributed by atoms with van der Waals surface area (Å²) in [7, 11) is -1.26. The fourth-order valence-corrected chi connectivity index (χ4v) is 2.27. The zero-order valence-electron chi connectivity index (χ0n) is 7.52. The van der Waals surface area contributed by atoms with Gasteiger partial charge in [-0.1, -0.05) is 0 Å². The largest absolute Gasteiger partial charge is 0.417 e. The van der Waals surface area contributed by atoms with Crippen molar-refractivity contribution >= 4 is 31.7 Å². The summed E-state index contributed by atoms with van der Waals surface area (Å²) >= 11 is 7.38.